The standard InChI is InChI=1S/C20H13FN2/c21-15-11-9-14(10-12-15)13-22-23-20-18-7-3-1-5-16(18)17-6-2-4-8-19(17)20/h1-13H/b22-13+. The van der Waals surface area contributed by atoms with Gasteiger partial charge in [0.05, 0.1) is 6.21 Å². The molecule has 0 bridgehead atoms. The molecule has 0 N–H and O–H groups in total. The van der Waals surface area contributed by atoms with Crippen molar-refractivity contribution in [3.05, 3.63) is 95.3 Å². The van der Waals surface area contributed by atoms with Gasteiger partial charge in [-0.05, 0) is 28.8 Å². The van der Waals surface area contributed by atoms with Crippen molar-refractivity contribution in [2.45, 2.75) is 0 Å². The van der Waals surface area contributed by atoms with E-state index in [4.69, 9.17) is 0 Å². The summed E-state index contributed by atoms with van der Waals surface area (Å²) in [6, 6.07) is 22.5. The van der Waals surface area contributed by atoms with Crippen molar-refractivity contribution in [2.75, 3.05) is 0 Å². The third-order valence-corrected chi connectivity index (χ3v) is 3.89. The van der Waals surface area contributed by atoms with Gasteiger partial charge in [-0.3, -0.25) is 0 Å². The smallest absolute Gasteiger partial charge is 0.123 e. The highest BCUT2D eigenvalue weighted by molar-refractivity contribution is 6.24. The summed E-state index contributed by atoms with van der Waals surface area (Å²) >= 11 is 0. The van der Waals surface area contributed by atoms with Gasteiger partial charge in [0, 0.05) is 11.1 Å². The Morgan fingerprint density at radius 2 is 1.17 bits per heavy atom. The normalized spacial score (nSPS) is 12.3. The minimum Gasteiger partial charge on any atom is -0.207 e. The fourth-order valence-corrected chi connectivity index (χ4v) is 2.80. The maximum atomic E-state index is 12.9. The molecule has 0 saturated carbocycles. The maximum Gasteiger partial charge on any atom is 0.123 e. The molecule has 3 aromatic carbocycles. The first-order valence-corrected chi connectivity index (χ1v) is 7.39. The molecular weight excluding hydrogens is 287 g/mol. The molecule has 0 heterocycles. The van der Waals surface area contributed by atoms with Gasteiger partial charge < -0.3 is 0 Å². The van der Waals surface area contributed by atoms with E-state index in [2.05, 4.69) is 34.5 Å². The van der Waals surface area contributed by atoms with Crippen LogP contribution in [0.5, 0.6) is 0 Å². The Morgan fingerprint density at radius 1 is 0.652 bits per heavy atom. The van der Waals surface area contributed by atoms with Crippen LogP contribution in [0.4, 0.5) is 4.39 Å². The Hall–Kier alpha value is -3.07. The van der Waals surface area contributed by atoms with E-state index in [1.807, 2.05) is 24.3 Å². The third-order valence-electron chi connectivity index (χ3n) is 3.89. The summed E-state index contributed by atoms with van der Waals surface area (Å²) in [7, 11) is 0. The summed E-state index contributed by atoms with van der Waals surface area (Å²) in [6.45, 7) is 0. The Labute approximate surface area is 133 Å². The van der Waals surface area contributed by atoms with Crippen molar-refractivity contribution in [1.29, 1.82) is 0 Å². The monoisotopic (exact) mass is 300 g/mol. The van der Waals surface area contributed by atoms with E-state index in [1.165, 1.54) is 23.3 Å². The molecule has 0 saturated heterocycles. The summed E-state index contributed by atoms with van der Waals surface area (Å²) < 4.78 is 12.9. The van der Waals surface area contributed by atoms with Crippen LogP contribution in [0.1, 0.15) is 16.7 Å². The van der Waals surface area contributed by atoms with E-state index in [1.54, 1.807) is 18.3 Å². The first-order valence-electron chi connectivity index (χ1n) is 7.39. The van der Waals surface area contributed by atoms with E-state index in [9.17, 15) is 4.39 Å². The Kier molecular flexibility index (Phi) is 3.31. The minimum atomic E-state index is -0.257. The quantitative estimate of drug-likeness (QED) is 0.379. The van der Waals surface area contributed by atoms with Crippen LogP contribution in [0.2, 0.25) is 0 Å². The van der Waals surface area contributed by atoms with Gasteiger partial charge in [0.25, 0.3) is 0 Å². The van der Waals surface area contributed by atoms with Gasteiger partial charge in [0.15, 0.2) is 0 Å². The van der Waals surface area contributed by atoms with Gasteiger partial charge in [0.1, 0.15) is 11.5 Å². The maximum absolute atomic E-state index is 12.9. The highest BCUT2D eigenvalue weighted by Crippen LogP contribution is 2.36. The molecule has 0 aliphatic heterocycles. The van der Waals surface area contributed by atoms with E-state index in [0.717, 1.165) is 22.4 Å². The average molecular weight is 300 g/mol. The molecule has 3 heteroatoms. The molecule has 0 aromatic heterocycles. The molecule has 3 aromatic rings. The van der Waals surface area contributed by atoms with Gasteiger partial charge in [-0.15, -0.1) is 5.10 Å². The lowest BCUT2D eigenvalue weighted by molar-refractivity contribution is 0.628. The number of nitrogens with zero attached hydrogens (tertiary/aromatic N) is 2. The highest BCUT2D eigenvalue weighted by atomic mass is 19.1. The summed E-state index contributed by atoms with van der Waals surface area (Å²) in [5.74, 6) is -0.257. The fourth-order valence-electron chi connectivity index (χ4n) is 2.80. The largest absolute Gasteiger partial charge is 0.207 e. The molecule has 1 aliphatic carbocycles. The summed E-state index contributed by atoms with van der Waals surface area (Å²) in [5, 5.41) is 8.61. The van der Waals surface area contributed by atoms with Gasteiger partial charge in [-0.25, -0.2) is 4.39 Å². The molecule has 4 rings (SSSR count). The molecule has 0 fully saturated rings. The highest BCUT2D eigenvalue weighted by Gasteiger charge is 2.23. The zero-order valence-electron chi connectivity index (χ0n) is 12.3. The van der Waals surface area contributed by atoms with E-state index in [0.29, 0.717) is 0 Å². The Morgan fingerprint density at radius 3 is 1.74 bits per heavy atom. The van der Waals surface area contributed by atoms with E-state index < -0.39 is 0 Å². The second kappa shape index (κ2) is 5.61. The second-order valence-electron chi connectivity index (χ2n) is 5.34. The number of hydrogen-bond donors (Lipinski definition) is 0. The predicted octanol–water partition coefficient (Wildman–Crippen LogP) is 4.68. The first kappa shape index (κ1) is 13.6. The Bertz CT molecular complexity index is 877. The molecule has 0 amide bonds. The second-order valence-corrected chi connectivity index (χ2v) is 5.34. The van der Waals surface area contributed by atoms with Crippen molar-refractivity contribution in [3.8, 4) is 11.1 Å². The van der Waals surface area contributed by atoms with Crippen LogP contribution in [-0.2, 0) is 0 Å². The van der Waals surface area contributed by atoms with E-state index >= 15 is 0 Å². The molecular formula is C20H13FN2. The molecule has 2 nitrogen and oxygen atoms in total. The van der Waals surface area contributed by atoms with E-state index in [-0.39, 0.29) is 5.82 Å². The molecule has 0 unspecified atom stereocenters. The zero-order chi connectivity index (χ0) is 15.6. The molecule has 0 radical (unpaired) electrons. The average Bonchev–Trinajstić information content (AvgIpc) is 2.91. The van der Waals surface area contributed by atoms with Gasteiger partial charge >= 0.3 is 0 Å². The number of rotatable bonds is 2. The molecule has 0 atom stereocenters. The summed E-state index contributed by atoms with van der Waals surface area (Å²) in [5.41, 5.74) is 6.22. The van der Waals surface area contributed by atoms with Crippen molar-refractivity contribution < 1.29 is 4.39 Å². The zero-order valence-corrected chi connectivity index (χ0v) is 12.3. The van der Waals surface area contributed by atoms with Crippen LogP contribution >= 0.6 is 0 Å². The van der Waals surface area contributed by atoms with Crippen LogP contribution in [0.3, 0.4) is 0 Å². The number of benzene rings is 3. The summed E-state index contributed by atoms with van der Waals surface area (Å²) in [6.07, 6.45) is 1.63. The summed E-state index contributed by atoms with van der Waals surface area (Å²) in [4.78, 5) is 0. The fraction of sp³-hybridized carbons (Fsp3) is 0. The lowest BCUT2D eigenvalue weighted by Crippen LogP contribution is -1.97. The number of halogens is 1. The van der Waals surface area contributed by atoms with Gasteiger partial charge in [0.2, 0.25) is 0 Å². The van der Waals surface area contributed by atoms with Crippen molar-refractivity contribution in [3.63, 3.8) is 0 Å². The van der Waals surface area contributed by atoms with Crippen molar-refractivity contribution in [1.82, 2.24) is 0 Å². The first-order chi connectivity index (χ1) is 11.3. The minimum absolute atomic E-state index is 0.257. The molecule has 23 heavy (non-hydrogen) atoms. The van der Waals surface area contributed by atoms with Gasteiger partial charge in [-0.1, -0.05) is 60.7 Å². The molecule has 1 aliphatic rings. The van der Waals surface area contributed by atoms with Gasteiger partial charge in [-0.2, -0.15) is 5.10 Å². The SMILES string of the molecule is Fc1ccc(/C=N/N=C2c3ccccc3-c3ccccc32)cc1. The van der Waals surface area contributed by atoms with Crippen LogP contribution in [0.25, 0.3) is 11.1 Å². The lowest BCUT2D eigenvalue weighted by Gasteiger charge is -1.98. The Balaban J connectivity index is 1.75. The molecule has 0 spiro atoms. The van der Waals surface area contributed by atoms with Crippen LogP contribution in [0.15, 0.2) is 83.0 Å². The van der Waals surface area contributed by atoms with Crippen LogP contribution < -0.4 is 0 Å². The van der Waals surface area contributed by atoms with Crippen LogP contribution in [-0.4, -0.2) is 11.9 Å². The molecule has 110 valence electrons. The number of hydrogen-bond acceptors (Lipinski definition) is 2. The lowest BCUT2D eigenvalue weighted by atomic mass is 10.1. The third kappa shape index (κ3) is 2.46. The number of fused-ring (bicyclic) bond motifs is 3. The predicted molar refractivity (Wildman–Crippen MR) is 91.5 cm³/mol. The van der Waals surface area contributed by atoms with Crippen LogP contribution in [0, 0.1) is 5.82 Å². The van der Waals surface area contributed by atoms with Crippen molar-refractivity contribution in [2.24, 2.45) is 10.2 Å². The topological polar surface area (TPSA) is 24.7 Å². The van der Waals surface area contributed by atoms with Crippen molar-refractivity contribution >= 4 is 11.9 Å².